The van der Waals surface area contributed by atoms with Gasteiger partial charge < -0.3 is 15.4 Å². The standard InChI is InChI=1S/C15H18N2O3/c18-14-6-5-10(9-16-14)15(19)17-12-7-8-20-13-4-2-1-3-11(12)13/h1-4,10,12H,5-9H2,(H,16,18)(H,17,19). The van der Waals surface area contributed by atoms with Crippen molar-refractivity contribution in [2.45, 2.75) is 25.3 Å². The molecule has 1 aromatic rings. The number of carbonyl (C=O) groups excluding carboxylic acids is 2. The van der Waals surface area contributed by atoms with Crippen molar-refractivity contribution in [2.75, 3.05) is 13.2 Å². The largest absolute Gasteiger partial charge is 0.493 e. The number of fused-ring (bicyclic) bond motifs is 1. The smallest absolute Gasteiger partial charge is 0.225 e. The van der Waals surface area contributed by atoms with Gasteiger partial charge in [0, 0.05) is 24.9 Å². The first-order valence-corrected chi connectivity index (χ1v) is 7.03. The van der Waals surface area contributed by atoms with E-state index in [0.717, 1.165) is 17.7 Å². The molecule has 2 aliphatic rings. The third-order valence-electron chi connectivity index (χ3n) is 3.91. The second kappa shape index (κ2) is 5.53. The van der Waals surface area contributed by atoms with Crippen LogP contribution < -0.4 is 15.4 Å². The number of carbonyl (C=O) groups is 2. The molecule has 3 rings (SSSR count). The summed E-state index contributed by atoms with van der Waals surface area (Å²) in [4.78, 5) is 23.4. The lowest BCUT2D eigenvalue weighted by Gasteiger charge is -2.29. The zero-order valence-electron chi connectivity index (χ0n) is 11.2. The van der Waals surface area contributed by atoms with Gasteiger partial charge in [0.25, 0.3) is 0 Å². The van der Waals surface area contributed by atoms with E-state index >= 15 is 0 Å². The molecule has 0 aliphatic carbocycles. The van der Waals surface area contributed by atoms with Crippen LogP contribution in [0.25, 0.3) is 0 Å². The van der Waals surface area contributed by atoms with Crippen LogP contribution in [0.4, 0.5) is 0 Å². The van der Waals surface area contributed by atoms with Crippen molar-refractivity contribution in [2.24, 2.45) is 5.92 Å². The lowest BCUT2D eigenvalue weighted by atomic mass is 9.95. The quantitative estimate of drug-likeness (QED) is 0.850. The maximum atomic E-state index is 12.3. The molecule has 2 amide bonds. The maximum absolute atomic E-state index is 12.3. The van der Waals surface area contributed by atoms with Gasteiger partial charge in [0.05, 0.1) is 18.6 Å². The van der Waals surface area contributed by atoms with Gasteiger partial charge in [0.2, 0.25) is 11.8 Å². The van der Waals surface area contributed by atoms with E-state index in [1.54, 1.807) is 0 Å². The van der Waals surface area contributed by atoms with Gasteiger partial charge in [-0.2, -0.15) is 0 Å². The second-order valence-electron chi connectivity index (χ2n) is 5.28. The van der Waals surface area contributed by atoms with Crippen LogP contribution in [0.1, 0.15) is 30.9 Å². The number of hydrogen-bond acceptors (Lipinski definition) is 3. The fourth-order valence-electron chi connectivity index (χ4n) is 2.74. The lowest BCUT2D eigenvalue weighted by Crippen LogP contribution is -2.44. The van der Waals surface area contributed by atoms with Gasteiger partial charge in [-0.15, -0.1) is 0 Å². The Hall–Kier alpha value is -2.04. The van der Waals surface area contributed by atoms with E-state index in [4.69, 9.17) is 4.74 Å². The highest BCUT2D eigenvalue weighted by atomic mass is 16.5. The van der Waals surface area contributed by atoms with Gasteiger partial charge in [-0.3, -0.25) is 9.59 Å². The van der Waals surface area contributed by atoms with E-state index in [1.165, 1.54) is 0 Å². The molecule has 2 heterocycles. The highest BCUT2D eigenvalue weighted by Crippen LogP contribution is 2.31. The van der Waals surface area contributed by atoms with Crippen LogP contribution in [0, 0.1) is 5.92 Å². The normalized spacial score (nSPS) is 25.1. The van der Waals surface area contributed by atoms with Crippen molar-refractivity contribution in [3.05, 3.63) is 29.8 Å². The van der Waals surface area contributed by atoms with Crippen molar-refractivity contribution in [1.82, 2.24) is 10.6 Å². The number of para-hydroxylation sites is 1. The van der Waals surface area contributed by atoms with Crippen LogP contribution in [-0.4, -0.2) is 25.0 Å². The number of amides is 2. The monoisotopic (exact) mass is 274 g/mol. The topological polar surface area (TPSA) is 67.4 Å². The van der Waals surface area contributed by atoms with Crippen molar-refractivity contribution in [3.63, 3.8) is 0 Å². The van der Waals surface area contributed by atoms with E-state index in [9.17, 15) is 9.59 Å². The molecule has 2 aliphatic heterocycles. The summed E-state index contributed by atoms with van der Waals surface area (Å²) in [6.07, 6.45) is 1.84. The Morgan fingerprint density at radius 2 is 2.15 bits per heavy atom. The third-order valence-corrected chi connectivity index (χ3v) is 3.91. The molecular weight excluding hydrogens is 256 g/mol. The summed E-state index contributed by atoms with van der Waals surface area (Å²) >= 11 is 0. The Kier molecular flexibility index (Phi) is 3.58. The first-order valence-electron chi connectivity index (χ1n) is 7.03. The summed E-state index contributed by atoms with van der Waals surface area (Å²) in [6, 6.07) is 7.80. The molecule has 20 heavy (non-hydrogen) atoms. The Morgan fingerprint density at radius 3 is 2.95 bits per heavy atom. The van der Waals surface area contributed by atoms with Gasteiger partial charge in [-0.1, -0.05) is 18.2 Å². The summed E-state index contributed by atoms with van der Waals surface area (Å²) in [5.41, 5.74) is 1.03. The van der Waals surface area contributed by atoms with Crippen LogP contribution >= 0.6 is 0 Å². The predicted molar refractivity (Wildman–Crippen MR) is 73.2 cm³/mol. The van der Waals surface area contributed by atoms with E-state index < -0.39 is 0 Å². The Balaban J connectivity index is 1.66. The average Bonchev–Trinajstić information content (AvgIpc) is 2.48. The Morgan fingerprint density at radius 1 is 1.30 bits per heavy atom. The highest BCUT2D eigenvalue weighted by Gasteiger charge is 2.28. The fraction of sp³-hybridized carbons (Fsp3) is 0.467. The van der Waals surface area contributed by atoms with Crippen molar-refractivity contribution >= 4 is 11.8 Å². The van der Waals surface area contributed by atoms with Gasteiger partial charge in [0.15, 0.2) is 0 Å². The second-order valence-corrected chi connectivity index (χ2v) is 5.28. The lowest BCUT2D eigenvalue weighted by molar-refractivity contribution is -0.129. The molecule has 2 N–H and O–H groups in total. The third kappa shape index (κ3) is 2.61. The maximum Gasteiger partial charge on any atom is 0.225 e. The van der Waals surface area contributed by atoms with E-state index in [0.29, 0.717) is 26.0 Å². The number of piperidine rings is 1. The van der Waals surface area contributed by atoms with Gasteiger partial charge >= 0.3 is 0 Å². The molecule has 2 atom stereocenters. The number of ether oxygens (including phenoxy) is 1. The predicted octanol–water partition coefficient (Wildman–Crippen LogP) is 1.15. The minimum atomic E-state index is -0.122. The van der Waals surface area contributed by atoms with Gasteiger partial charge in [-0.05, 0) is 12.5 Å². The molecule has 0 bridgehead atoms. The molecular formula is C15H18N2O3. The molecule has 5 nitrogen and oxygen atoms in total. The number of hydrogen-bond donors (Lipinski definition) is 2. The summed E-state index contributed by atoms with van der Waals surface area (Å²) in [7, 11) is 0. The van der Waals surface area contributed by atoms with Gasteiger partial charge in [0.1, 0.15) is 5.75 Å². The average molecular weight is 274 g/mol. The molecule has 2 unspecified atom stereocenters. The van der Waals surface area contributed by atoms with Gasteiger partial charge in [-0.25, -0.2) is 0 Å². The fourth-order valence-corrected chi connectivity index (χ4v) is 2.74. The summed E-state index contributed by atoms with van der Waals surface area (Å²) in [5.74, 6) is 0.779. The Bertz CT molecular complexity index is 520. The summed E-state index contributed by atoms with van der Waals surface area (Å²) in [6.45, 7) is 1.05. The minimum absolute atomic E-state index is 0.00470. The molecule has 1 aromatic carbocycles. The summed E-state index contributed by atoms with van der Waals surface area (Å²) < 4.78 is 5.59. The molecule has 1 saturated heterocycles. The number of benzene rings is 1. The first kappa shape index (κ1) is 13.0. The molecule has 5 heteroatoms. The van der Waals surface area contributed by atoms with Crippen LogP contribution in [0.2, 0.25) is 0 Å². The van der Waals surface area contributed by atoms with Crippen LogP contribution in [-0.2, 0) is 9.59 Å². The van der Waals surface area contributed by atoms with Crippen molar-refractivity contribution < 1.29 is 14.3 Å². The molecule has 1 fully saturated rings. The zero-order chi connectivity index (χ0) is 13.9. The van der Waals surface area contributed by atoms with Crippen LogP contribution in [0.5, 0.6) is 5.75 Å². The van der Waals surface area contributed by atoms with Crippen LogP contribution in [0.15, 0.2) is 24.3 Å². The number of nitrogens with one attached hydrogen (secondary N) is 2. The minimum Gasteiger partial charge on any atom is -0.493 e. The van der Waals surface area contributed by atoms with E-state index in [1.807, 2.05) is 24.3 Å². The zero-order valence-corrected chi connectivity index (χ0v) is 11.2. The first-order chi connectivity index (χ1) is 9.74. The van der Waals surface area contributed by atoms with E-state index in [-0.39, 0.29) is 23.8 Å². The SMILES string of the molecule is O=C1CCC(C(=O)NC2CCOc3ccccc32)CN1. The number of rotatable bonds is 2. The molecule has 0 spiro atoms. The van der Waals surface area contributed by atoms with Crippen molar-refractivity contribution in [1.29, 1.82) is 0 Å². The van der Waals surface area contributed by atoms with E-state index in [2.05, 4.69) is 10.6 Å². The molecule has 0 saturated carbocycles. The molecule has 0 aromatic heterocycles. The van der Waals surface area contributed by atoms with Crippen molar-refractivity contribution in [3.8, 4) is 5.75 Å². The Labute approximate surface area is 117 Å². The van der Waals surface area contributed by atoms with Crippen LogP contribution in [0.3, 0.4) is 0 Å². The highest BCUT2D eigenvalue weighted by molar-refractivity contribution is 5.84. The summed E-state index contributed by atoms with van der Waals surface area (Å²) in [5, 5.41) is 5.83. The molecule has 106 valence electrons. The molecule has 0 radical (unpaired) electrons.